The molecule has 2 atom stereocenters. The summed E-state index contributed by atoms with van der Waals surface area (Å²) in [5.74, 6) is -2.54. The van der Waals surface area contributed by atoms with Crippen LogP contribution in [0.4, 0.5) is 35.1 Å². The van der Waals surface area contributed by atoms with Gasteiger partial charge in [-0.05, 0) is 53.9 Å². The zero-order valence-electron chi connectivity index (χ0n) is 23.5. The molecule has 1 unspecified atom stereocenters. The van der Waals surface area contributed by atoms with Crippen LogP contribution in [0.2, 0.25) is 0 Å². The minimum absolute atomic E-state index is 0.136. The number of hydrogen-bond donors (Lipinski definition) is 1. The van der Waals surface area contributed by atoms with Crippen molar-refractivity contribution in [2.45, 2.75) is 43.0 Å². The lowest BCUT2D eigenvalue weighted by molar-refractivity contribution is -0.274. The van der Waals surface area contributed by atoms with Crippen LogP contribution in [0.3, 0.4) is 0 Å². The number of halogens is 8. The highest BCUT2D eigenvalue weighted by atomic mass is 32.2. The van der Waals surface area contributed by atoms with Crippen LogP contribution >= 0.6 is 11.8 Å². The summed E-state index contributed by atoms with van der Waals surface area (Å²) in [6.45, 7) is 1.45. The number of rotatable bonds is 7. The second-order valence-electron chi connectivity index (χ2n) is 10.2. The summed E-state index contributed by atoms with van der Waals surface area (Å²) in [6.07, 6.45) is -10.4. The maximum atomic E-state index is 15.6. The molecule has 1 aliphatic heterocycles. The molecule has 0 amide bonds. The molecule has 0 fully saturated rings. The number of hydrogen-bond acceptors (Lipinski definition) is 5. The van der Waals surface area contributed by atoms with E-state index in [4.69, 9.17) is 10.5 Å². The van der Waals surface area contributed by atoms with E-state index in [2.05, 4.69) is 4.74 Å². The first-order valence-corrected chi connectivity index (χ1v) is 14.3. The predicted octanol–water partition coefficient (Wildman–Crippen LogP) is 7.97. The summed E-state index contributed by atoms with van der Waals surface area (Å²) in [5, 5.41) is 0.221. The van der Waals surface area contributed by atoms with Crippen LogP contribution in [0, 0.1) is 18.6 Å². The number of benzene rings is 3. The second-order valence-corrected chi connectivity index (χ2v) is 11.3. The highest BCUT2D eigenvalue weighted by Crippen LogP contribution is 2.45. The third kappa shape index (κ3) is 6.25. The topological polar surface area (TPSA) is 66.5 Å². The van der Waals surface area contributed by atoms with Crippen molar-refractivity contribution in [1.82, 2.24) is 4.57 Å². The van der Waals surface area contributed by atoms with Crippen LogP contribution in [0.25, 0.3) is 11.1 Å². The molecule has 4 aromatic rings. The van der Waals surface area contributed by atoms with Gasteiger partial charge in [-0.2, -0.15) is 13.2 Å². The average Bonchev–Trinajstić information content (AvgIpc) is 3.41. The number of aromatic nitrogens is 1. The van der Waals surface area contributed by atoms with Crippen molar-refractivity contribution in [2.75, 3.05) is 12.9 Å². The van der Waals surface area contributed by atoms with E-state index in [1.54, 1.807) is 0 Å². The fourth-order valence-electron chi connectivity index (χ4n) is 5.47. The number of alkyl halides is 6. The lowest BCUT2D eigenvalue weighted by Crippen LogP contribution is -2.33. The minimum atomic E-state index is -4.91. The zero-order chi connectivity index (χ0) is 32.8. The van der Waals surface area contributed by atoms with E-state index >= 15 is 8.78 Å². The Kier molecular flexibility index (Phi) is 8.66. The Bertz CT molecular complexity index is 1800. The van der Waals surface area contributed by atoms with Crippen LogP contribution < -0.4 is 20.8 Å². The number of nitrogens with zero attached hydrogens (tertiary/aromatic N) is 1. The summed E-state index contributed by atoms with van der Waals surface area (Å²) in [5.41, 5.74) is 4.26. The average molecular weight is 657 g/mol. The highest BCUT2D eigenvalue weighted by Gasteiger charge is 2.38. The molecular formula is C31H24F8N2O3S. The van der Waals surface area contributed by atoms with Crippen molar-refractivity contribution in [1.29, 1.82) is 0 Å². The van der Waals surface area contributed by atoms with Gasteiger partial charge in [-0.15, -0.1) is 24.9 Å². The van der Waals surface area contributed by atoms with Gasteiger partial charge >= 0.3 is 12.5 Å². The largest absolute Gasteiger partial charge is 0.573 e. The van der Waals surface area contributed by atoms with E-state index in [9.17, 15) is 31.1 Å². The molecule has 0 radical (unpaired) electrons. The van der Waals surface area contributed by atoms with Gasteiger partial charge in [-0.1, -0.05) is 30.3 Å². The monoisotopic (exact) mass is 656 g/mol. The molecule has 3 aromatic carbocycles. The number of pyridine rings is 1. The number of ether oxygens (including phenoxy) is 2. The van der Waals surface area contributed by atoms with Gasteiger partial charge in [0, 0.05) is 23.3 Å². The van der Waals surface area contributed by atoms with Crippen molar-refractivity contribution < 1.29 is 44.6 Å². The van der Waals surface area contributed by atoms with Gasteiger partial charge in [0.15, 0.2) is 11.6 Å². The molecule has 0 spiro atoms. The molecule has 14 heteroatoms. The molecule has 5 rings (SSSR count). The SMILES string of the molecule is COc1cccc(-c2c(C)c(Cc3c(F)cccc3C(F)(F)F)c3n(c2=O)[C@@H](C(N)c2ccc(OC(F)(F)F)cc2)CS3)c1F. The van der Waals surface area contributed by atoms with Gasteiger partial charge in [0.05, 0.1) is 35.3 Å². The molecule has 1 aromatic heterocycles. The summed E-state index contributed by atoms with van der Waals surface area (Å²) in [6, 6.07) is 9.55. The first kappa shape index (κ1) is 32.4. The van der Waals surface area contributed by atoms with E-state index in [-0.39, 0.29) is 38.8 Å². The van der Waals surface area contributed by atoms with Crippen LogP contribution in [0.5, 0.6) is 11.5 Å². The van der Waals surface area contributed by atoms with Crippen molar-refractivity contribution in [3.63, 3.8) is 0 Å². The summed E-state index contributed by atoms with van der Waals surface area (Å²) in [4.78, 5) is 14.2. The Morgan fingerprint density at radius 1 is 0.978 bits per heavy atom. The fraction of sp³-hybridized carbons (Fsp3) is 0.258. The fourth-order valence-corrected chi connectivity index (χ4v) is 6.91. The van der Waals surface area contributed by atoms with E-state index in [0.717, 1.165) is 42.1 Å². The molecule has 45 heavy (non-hydrogen) atoms. The first-order chi connectivity index (χ1) is 21.1. The summed E-state index contributed by atoms with van der Waals surface area (Å²) in [7, 11) is 1.23. The van der Waals surface area contributed by atoms with Gasteiger partial charge in [0.2, 0.25) is 0 Å². The lowest BCUT2D eigenvalue weighted by atomic mass is 9.91. The summed E-state index contributed by atoms with van der Waals surface area (Å²) < 4.78 is 121. The highest BCUT2D eigenvalue weighted by molar-refractivity contribution is 7.99. The van der Waals surface area contributed by atoms with Crippen molar-refractivity contribution in [3.8, 4) is 22.6 Å². The van der Waals surface area contributed by atoms with Crippen LogP contribution in [-0.4, -0.2) is 23.8 Å². The predicted molar refractivity (Wildman–Crippen MR) is 151 cm³/mol. The molecule has 1 aliphatic rings. The maximum absolute atomic E-state index is 15.6. The molecular weight excluding hydrogens is 632 g/mol. The molecule has 0 saturated carbocycles. The van der Waals surface area contributed by atoms with E-state index in [1.807, 2.05) is 0 Å². The van der Waals surface area contributed by atoms with E-state index < -0.39 is 65.1 Å². The number of nitrogens with two attached hydrogens (primary N) is 1. The Morgan fingerprint density at radius 3 is 2.27 bits per heavy atom. The molecule has 0 aliphatic carbocycles. The van der Waals surface area contributed by atoms with Gasteiger partial charge in [0.25, 0.3) is 5.56 Å². The van der Waals surface area contributed by atoms with Gasteiger partial charge in [0.1, 0.15) is 11.6 Å². The van der Waals surface area contributed by atoms with Crippen molar-refractivity contribution in [2.24, 2.45) is 5.73 Å². The van der Waals surface area contributed by atoms with E-state index in [0.29, 0.717) is 5.56 Å². The lowest BCUT2D eigenvalue weighted by Gasteiger charge is -2.25. The maximum Gasteiger partial charge on any atom is 0.573 e. The van der Waals surface area contributed by atoms with Crippen LogP contribution in [-0.2, 0) is 12.6 Å². The molecule has 2 N–H and O–H groups in total. The van der Waals surface area contributed by atoms with Gasteiger partial charge < -0.3 is 15.2 Å². The van der Waals surface area contributed by atoms with Gasteiger partial charge in [-0.3, -0.25) is 9.36 Å². The Hall–Kier alpha value is -4.04. The second kappa shape index (κ2) is 12.0. The number of thioether (sulfide) groups is 1. The number of fused-ring (bicyclic) bond motifs is 1. The molecule has 0 bridgehead atoms. The first-order valence-electron chi connectivity index (χ1n) is 13.3. The molecule has 2 heterocycles. The standard InChI is InChI=1S/C31H24F8N2O3S/c1-15-19(13-20-21(30(34,35)36)6-4-7-22(20)32)29-41(28(42)25(15)18-5-3-8-24(43-2)26(18)33)23(14-45-29)27(40)16-9-11-17(12-10-16)44-31(37,38)39/h3-12,23,27H,13-14,40H2,1-2H3/t23-,27?/m1/s1. The Labute approximate surface area is 255 Å². The van der Waals surface area contributed by atoms with Crippen LogP contribution in [0.15, 0.2) is 70.5 Å². The normalized spacial score (nSPS) is 15.6. The zero-order valence-corrected chi connectivity index (χ0v) is 24.3. The molecule has 238 valence electrons. The smallest absolute Gasteiger partial charge is 0.494 e. The van der Waals surface area contributed by atoms with Crippen LogP contribution in [0.1, 0.15) is 39.9 Å². The third-order valence-corrected chi connectivity index (χ3v) is 8.83. The third-order valence-electron chi connectivity index (χ3n) is 7.60. The van der Waals surface area contributed by atoms with Gasteiger partial charge in [-0.25, -0.2) is 8.78 Å². The summed E-state index contributed by atoms with van der Waals surface area (Å²) >= 11 is 1.11. The van der Waals surface area contributed by atoms with Crippen molar-refractivity contribution in [3.05, 3.63) is 110 Å². The Morgan fingerprint density at radius 2 is 1.64 bits per heavy atom. The minimum Gasteiger partial charge on any atom is -0.494 e. The molecule has 0 saturated heterocycles. The van der Waals surface area contributed by atoms with E-state index in [1.165, 1.54) is 48.9 Å². The number of methoxy groups -OCH3 is 1. The molecule has 5 nitrogen and oxygen atoms in total. The quantitative estimate of drug-likeness (QED) is 0.205. The Balaban J connectivity index is 1.70. The van der Waals surface area contributed by atoms with Crippen molar-refractivity contribution >= 4 is 11.8 Å².